The minimum absolute atomic E-state index is 0.0328. The van der Waals surface area contributed by atoms with Crippen molar-refractivity contribution in [3.8, 4) is 0 Å². The first kappa shape index (κ1) is 30.4. The molecule has 4 aliphatic rings. The first-order chi connectivity index (χ1) is 20.2. The van der Waals surface area contributed by atoms with E-state index in [0.29, 0.717) is 35.5 Å². The van der Waals surface area contributed by atoms with E-state index in [1.54, 1.807) is 19.1 Å². The summed E-state index contributed by atoms with van der Waals surface area (Å²) in [6, 6.07) is 5.84. The van der Waals surface area contributed by atoms with Gasteiger partial charge in [0.25, 0.3) is 0 Å². The van der Waals surface area contributed by atoms with Gasteiger partial charge in [-0.1, -0.05) is 43.1 Å². The van der Waals surface area contributed by atoms with Gasteiger partial charge in [0.2, 0.25) is 5.91 Å². The highest BCUT2D eigenvalue weighted by atomic mass is 35.5. The minimum Gasteiger partial charge on any atom is -0.479 e. The fraction of sp³-hybridized carbons (Fsp3) is 0.562. The number of carboxylic acids is 1. The molecule has 0 radical (unpaired) electrons. The lowest BCUT2D eigenvalue weighted by Gasteiger charge is -2.50. The number of carboxylic acid groups (broad SMARTS) is 1. The number of nitrogens with one attached hydrogen (secondary N) is 2. The van der Waals surface area contributed by atoms with E-state index in [0.717, 1.165) is 12.8 Å². The van der Waals surface area contributed by atoms with Gasteiger partial charge in [0, 0.05) is 34.8 Å². The van der Waals surface area contributed by atoms with Gasteiger partial charge in [0.15, 0.2) is 22.4 Å². The van der Waals surface area contributed by atoms with Crippen LogP contribution in [0.25, 0.3) is 0 Å². The molecule has 230 valence electrons. The molecular weight excluding hydrogens is 596 g/mol. The number of halogens is 3. The van der Waals surface area contributed by atoms with Crippen molar-refractivity contribution >= 4 is 46.5 Å². The minimum atomic E-state index is -1.33. The molecule has 4 heterocycles. The topological polar surface area (TPSA) is 118 Å². The summed E-state index contributed by atoms with van der Waals surface area (Å²) in [5.41, 5.74) is -2.06. The second-order valence-electron chi connectivity index (χ2n) is 13.7. The Bertz CT molecular complexity index is 1500. The molecule has 6 rings (SSSR count). The van der Waals surface area contributed by atoms with E-state index < -0.39 is 40.3 Å². The molecule has 5 atom stereocenters. The molecule has 1 unspecified atom stereocenters. The number of carbonyl (C=O) groups excluding carboxylic acids is 2. The van der Waals surface area contributed by atoms with Crippen LogP contribution in [-0.2, 0) is 24.5 Å². The van der Waals surface area contributed by atoms with Gasteiger partial charge in [0.05, 0.1) is 12.6 Å². The number of Topliss-reactive ketones (excluding diaryl/α,β-unsaturated/α-hetero) is 1. The lowest BCUT2D eigenvalue weighted by molar-refractivity contribution is -0.173. The number of benzene rings is 1. The maximum absolute atomic E-state index is 16.0. The number of rotatable bonds is 5. The number of pyridine rings is 1. The molecule has 1 aromatic heterocycles. The fourth-order valence-electron chi connectivity index (χ4n) is 8.05. The normalized spacial score (nSPS) is 32.5. The van der Waals surface area contributed by atoms with Crippen LogP contribution in [0.4, 0.5) is 10.1 Å². The number of ether oxygens (including phenoxy) is 1. The molecule has 1 amide bonds. The fourth-order valence-corrected chi connectivity index (χ4v) is 8.39. The van der Waals surface area contributed by atoms with Gasteiger partial charge in [-0.2, -0.15) is 0 Å². The van der Waals surface area contributed by atoms with Gasteiger partial charge in [-0.3, -0.25) is 14.9 Å². The number of hydrogen-bond donors (Lipinski definition) is 3. The van der Waals surface area contributed by atoms with Crippen LogP contribution in [0.1, 0.15) is 82.8 Å². The van der Waals surface area contributed by atoms with Crippen molar-refractivity contribution in [2.45, 2.75) is 94.2 Å². The third kappa shape index (κ3) is 4.69. The quantitative estimate of drug-likeness (QED) is 0.344. The number of hydrogen-bond acceptors (Lipinski definition) is 6. The molecule has 2 aromatic rings. The van der Waals surface area contributed by atoms with E-state index in [2.05, 4.69) is 29.5 Å². The number of amides is 1. The molecule has 11 heteroatoms. The summed E-state index contributed by atoms with van der Waals surface area (Å²) in [4.78, 5) is 44.5. The van der Waals surface area contributed by atoms with Crippen molar-refractivity contribution in [3.05, 3.63) is 57.6 Å². The standard InChI is InChI=1S/C32H36Cl2FN3O5/c1-29(2)9-11-31(12-10-29)32(20-5-4-18(33)15-21(20)37-27(32)40)23(19-7-13-36-26(34)24(19)35)25(38-31)22(39)14-17-6-8-30(3,28(41)42)43-16-17/h4-5,7,13,15,17,23,25,38H,6,8-12,14,16H2,1-3H3,(H,37,40)(H,41,42)/t17-,23-,25-,30?,32+/m0/s1. The van der Waals surface area contributed by atoms with Crippen molar-refractivity contribution in [1.82, 2.24) is 10.3 Å². The summed E-state index contributed by atoms with van der Waals surface area (Å²) in [6.45, 7) is 6.05. The van der Waals surface area contributed by atoms with E-state index in [9.17, 15) is 19.5 Å². The van der Waals surface area contributed by atoms with E-state index in [-0.39, 0.29) is 53.2 Å². The molecule has 2 saturated heterocycles. The average Bonchev–Trinajstić information content (AvgIpc) is 3.41. The predicted molar refractivity (Wildman–Crippen MR) is 160 cm³/mol. The van der Waals surface area contributed by atoms with Crippen LogP contribution in [0.2, 0.25) is 10.2 Å². The SMILES string of the molecule is CC1(C)CCC2(CC1)N[C@@H](C(=O)C[C@@H]1CCC(C)(C(=O)O)OC1)[C@H](c1ccnc(Cl)c1F)[C@]21C(=O)Nc2cc(Cl)ccc21. The van der Waals surface area contributed by atoms with Gasteiger partial charge < -0.3 is 15.2 Å². The van der Waals surface area contributed by atoms with Crippen LogP contribution in [0.15, 0.2) is 30.5 Å². The second-order valence-corrected chi connectivity index (χ2v) is 14.5. The number of anilines is 1. The van der Waals surface area contributed by atoms with Crippen molar-refractivity contribution in [2.75, 3.05) is 11.9 Å². The Morgan fingerprint density at radius 3 is 2.49 bits per heavy atom. The van der Waals surface area contributed by atoms with Crippen molar-refractivity contribution in [3.63, 3.8) is 0 Å². The molecule has 2 spiro atoms. The second kappa shape index (κ2) is 10.5. The highest BCUT2D eigenvalue weighted by Gasteiger charge is 2.72. The number of carbonyl (C=O) groups is 3. The number of fused-ring (bicyclic) bond motifs is 3. The van der Waals surface area contributed by atoms with Crippen molar-refractivity contribution in [1.29, 1.82) is 0 Å². The third-order valence-corrected chi connectivity index (χ3v) is 11.1. The number of aromatic nitrogens is 1. The first-order valence-corrected chi connectivity index (χ1v) is 15.6. The van der Waals surface area contributed by atoms with Crippen molar-refractivity contribution < 1.29 is 28.6 Å². The molecular formula is C32H36Cl2FN3O5. The lowest BCUT2D eigenvalue weighted by Crippen LogP contribution is -2.61. The Balaban J connectivity index is 1.48. The summed E-state index contributed by atoms with van der Waals surface area (Å²) in [7, 11) is 0. The molecule has 3 aliphatic heterocycles. The molecule has 1 aromatic carbocycles. The van der Waals surface area contributed by atoms with Gasteiger partial charge >= 0.3 is 5.97 Å². The molecule has 1 aliphatic carbocycles. The summed E-state index contributed by atoms with van der Waals surface area (Å²) < 4.78 is 21.7. The van der Waals surface area contributed by atoms with E-state index >= 15 is 4.39 Å². The van der Waals surface area contributed by atoms with E-state index in [1.807, 2.05) is 6.07 Å². The largest absolute Gasteiger partial charge is 0.479 e. The van der Waals surface area contributed by atoms with Crippen LogP contribution in [-0.4, -0.2) is 51.5 Å². The Hall–Kier alpha value is -2.59. The Kier molecular flexibility index (Phi) is 7.43. The van der Waals surface area contributed by atoms with E-state index in [1.165, 1.54) is 12.3 Å². The van der Waals surface area contributed by atoms with Gasteiger partial charge in [-0.15, -0.1) is 0 Å². The maximum atomic E-state index is 16.0. The summed E-state index contributed by atoms with van der Waals surface area (Å²) >= 11 is 12.6. The number of nitrogens with zero attached hydrogens (tertiary/aromatic N) is 1. The van der Waals surface area contributed by atoms with Crippen molar-refractivity contribution in [2.24, 2.45) is 11.3 Å². The first-order valence-electron chi connectivity index (χ1n) is 14.8. The number of ketones is 1. The predicted octanol–water partition coefficient (Wildman–Crippen LogP) is 6.04. The number of aliphatic carboxylic acids is 1. The highest BCUT2D eigenvalue weighted by Crippen LogP contribution is 2.64. The molecule has 3 fully saturated rings. The lowest BCUT2D eigenvalue weighted by atomic mass is 9.53. The zero-order valence-corrected chi connectivity index (χ0v) is 25.9. The summed E-state index contributed by atoms with van der Waals surface area (Å²) in [5.74, 6) is -3.42. The monoisotopic (exact) mass is 631 g/mol. The molecule has 8 nitrogen and oxygen atoms in total. The van der Waals surface area contributed by atoms with Crippen LogP contribution in [0.5, 0.6) is 0 Å². The molecule has 0 bridgehead atoms. The zero-order chi connectivity index (χ0) is 30.9. The molecule has 1 saturated carbocycles. The zero-order valence-electron chi connectivity index (χ0n) is 24.4. The summed E-state index contributed by atoms with van der Waals surface area (Å²) in [6.07, 6.45) is 5.06. The van der Waals surface area contributed by atoms with Crippen LogP contribution in [0.3, 0.4) is 0 Å². The average molecular weight is 633 g/mol. The van der Waals surface area contributed by atoms with Gasteiger partial charge in [-0.05, 0) is 86.1 Å². The maximum Gasteiger partial charge on any atom is 0.335 e. The van der Waals surface area contributed by atoms with Gasteiger partial charge in [-0.25, -0.2) is 14.2 Å². The third-order valence-electron chi connectivity index (χ3n) is 10.6. The van der Waals surface area contributed by atoms with Crippen LogP contribution in [0, 0.1) is 17.2 Å². The van der Waals surface area contributed by atoms with Crippen LogP contribution >= 0.6 is 23.2 Å². The Labute approximate surface area is 260 Å². The Morgan fingerprint density at radius 1 is 1.12 bits per heavy atom. The van der Waals surface area contributed by atoms with E-state index in [4.69, 9.17) is 27.9 Å². The molecule has 43 heavy (non-hydrogen) atoms. The van der Waals surface area contributed by atoms with Crippen LogP contribution < -0.4 is 10.6 Å². The highest BCUT2D eigenvalue weighted by molar-refractivity contribution is 6.31. The smallest absolute Gasteiger partial charge is 0.335 e. The molecule has 3 N–H and O–H groups in total. The summed E-state index contributed by atoms with van der Waals surface area (Å²) in [5, 5.41) is 16.4. The Morgan fingerprint density at radius 2 is 1.84 bits per heavy atom. The van der Waals surface area contributed by atoms with Gasteiger partial charge in [0.1, 0.15) is 5.41 Å².